The van der Waals surface area contributed by atoms with Gasteiger partial charge >= 0.3 is 0 Å². The predicted octanol–water partition coefficient (Wildman–Crippen LogP) is 5.01. The molecule has 140 valence electrons. The van der Waals surface area contributed by atoms with Crippen LogP contribution >= 0.6 is 34.4 Å². The van der Waals surface area contributed by atoms with Crippen LogP contribution in [0.3, 0.4) is 0 Å². The molecule has 1 heterocycles. The average Bonchev–Trinajstić information content (AvgIpc) is 2.91. The van der Waals surface area contributed by atoms with Gasteiger partial charge in [0.25, 0.3) is 11.1 Å². The van der Waals surface area contributed by atoms with Crippen molar-refractivity contribution in [2.75, 3.05) is 7.11 Å². The molecule has 5 nitrogen and oxygen atoms in total. The maximum atomic E-state index is 12.8. The van der Waals surface area contributed by atoms with Crippen LogP contribution in [0.2, 0.25) is 0 Å². The van der Waals surface area contributed by atoms with Crippen molar-refractivity contribution in [3.05, 3.63) is 26.2 Å². The first-order valence-corrected chi connectivity index (χ1v) is 10.7. The fraction of sp³-hybridized carbons (Fsp3) is 0.474. The number of ether oxygens (including phenoxy) is 1. The van der Waals surface area contributed by atoms with Gasteiger partial charge in [0.15, 0.2) is 11.5 Å². The van der Waals surface area contributed by atoms with Gasteiger partial charge in [-0.05, 0) is 83.8 Å². The Hall–Kier alpha value is -1.22. The van der Waals surface area contributed by atoms with E-state index in [1.54, 1.807) is 18.2 Å². The SMILES string of the molecule is COc1cc(/C=C2\SC(=O)N(C(C)C3CCCCC3)C2=O)cc(I)c1O. The fourth-order valence-electron chi connectivity index (χ4n) is 3.64. The second-order valence-corrected chi connectivity index (χ2v) is 8.90. The summed E-state index contributed by atoms with van der Waals surface area (Å²) in [5, 5.41) is 9.75. The van der Waals surface area contributed by atoms with Crippen molar-refractivity contribution in [1.82, 2.24) is 4.90 Å². The van der Waals surface area contributed by atoms with Gasteiger partial charge in [0.1, 0.15) is 0 Å². The Bertz CT molecular complexity index is 758. The maximum Gasteiger partial charge on any atom is 0.293 e. The zero-order chi connectivity index (χ0) is 18.8. The monoisotopic (exact) mass is 487 g/mol. The number of phenolic OH excluding ortho intramolecular Hbond substituents is 1. The molecular weight excluding hydrogens is 465 g/mol. The Morgan fingerprint density at radius 1 is 1.31 bits per heavy atom. The lowest BCUT2D eigenvalue weighted by Gasteiger charge is -2.32. The number of amides is 2. The highest BCUT2D eigenvalue weighted by atomic mass is 127. The number of carbonyl (C=O) groups excluding carboxylic acids is 2. The van der Waals surface area contributed by atoms with E-state index < -0.39 is 0 Å². The molecule has 2 aliphatic rings. The summed E-state index contributed by atoms with van der Waals surface area (Å²) in [7, 11) is 1.48. The third-order valence-corrected chi connectivity index (χ3v) is 6.84. The summed E-state index contributed by atoms with van der Waals surface area (Å²) in [6.45, 7) is 1.99. The van der Waals surface area contributed by atoms with Gasteiger partial charge in [-0.25, -0.2) is 0 Å². The van der Waals surface area contributed by atoms with Crippen LogP contribution < -0.4 is 4.74 Å². The minimum atomic E-state index is -0.222. The van der Waals surface area contributed by atoms with Gasteiger partial charge in [-0.3, -0.25) is 14.5 Å². The lowest BCUT2D eigenvalue weighted by atomic mass is 9.84. The van der Waals surface area contributed by atoms with Gasteiger partial charge in [-0.2, -0.15) is 0 Å². The van der Waals surface area contributed by atoms with Gasteiger partial charge in [0.05, 0.1) is 15.6 Å². The summed E-state index contributed by atoms with van der Waals surface area (Å²) in [5.74, 6) is 0.591. The second kappa shape index (κ2) is 8.21. The van der Waals surface area contributed by atoms with Crippen molar-refractivity contribution in [3.8, 4) is 11.5 Å². The molecular formula is C19H22INO4S. The summed E-state index contributed by atoms with van der Waals surface area (Å²) in [6, 6.07) is 3.36. The van der Waals surface area contributed by atoms with Crippen molar-refractivity contribution in [3.63, 3.8) is 0 Å². The average molecular weight is 487 g/mol. The third kappa shape index (κ3) is 3.88. The van der Waals surface area contributed by atoms with Crippen LogP contribution in [0, 0.1) is 9.49 Å². The standard InChI is InChI=1S/C19H22INO4S/c1-11(13-6-4-3-5-7-13)21-18(23)16(26-19(21)24)10-12-8-14(20)17(22)15(9-12)25-2/h8-11,13,22H,3-7H2,1-2H3/b16-10-. The van der Waals surface area contributed by atoms with E-state index in [1.165, 1.54) is 31.3 Å². The molecule has 2 fully saturated rings. The smallest absolute Gasteiger partial charge is 0.293 e. The molecule has 1 aliphatic heterocycles. The summed E-state index contributed by atoms with van der Waals surface area (Å²) in [6.07, 6.45) is 7.44. The van der Waals surface area contributed by atoms with E-state index in [9.17, 15) is 14.7 Å². The number of aromatic hydroxyl groups is 1. The van der Waals surface area contributed by atoms with Gasteiger partial charge in [-0.1, -0.05) is 19.3 Å². The van der Waals surface area contributed by atoms with Crippen molar-refractivity contribution >= 4 is 51.6 Å². The first kappa shape index (κ1) is 19.5. The van der Waals surface area contributed by atoms with Crippen LogP contribution in [-0.4, -0.2) is 34.3 Å². The van der Waals surface area contributed by atoms with Gasteiger partial charge in [-0.15, -0.1) is 0 Å². The minimum Gasteiger partial charge on any atom is -0.504 e. The molecule has 3 rings (SSSR count). The second-order valence-electron chi connectivity index (χ2n) is 6.74. The number of halogens is 1. The lowest BCUT2D eigenvalue weighted by molar-refractivity contribution is -0.125. The molecule has 7 heteroatoms. The molecule has 1 aliphatic carbocycles. The molecule has 1 aromatic rings. The molecule has 1 saturated heterocycles. The van der Waals surface area contributed by atoms with E-state index >= 15 is 0 Å². The first-order valence-electron chi connectivity index (χ1n) is 8.76. The van der Waals surface area contributed by atoms with Crippen molar-refractivity contribution in [2.24, 2.45) is 5.92 Å². The highest BCUT2D eigenvalue weighted by molar-refractivity contribution is 14.1. The highest BCUT2D eigenvalue weighted by Crippen LogP contribution is 2.39. The van der Waals surface area contributed by atoms with Gasteiger partial charge in [0.2, 0.25) is 0 Å². The zero-order valence-electron chi connectivity index (χ0n) is 14.8. The number of nitrogens with zero attached hydrogens (tertiary/aromatic N) is 1. The van der Waals surface area contributed by atoms with E-state index in [2.05, 4.69) is 0 Å². The van der Waals surface area contributed by atoms with E-state index in [0.717, 1.165) is 30.2 Å². The van der Waals surface area contributed by atoms with E-state index in [4.69, 9.17) is 4.74 Å². The van der Waals surface area contributed by atoms with Crippen LogP contribution in [0.4, 0.5) is 4.79 Å². The number of imide groups is 1. The summed E-state index contributed by atoms with van der Waals surface area (Å²) >= 11 is 3.00. The normalized spacial score (nSPS) is 21.5. The highest BCUT2D eigenvalue weighted by Gasteiger charge is 2.40. The molecule has 0 aromatic heterocycles. The van der Waals surface area contributed by atoms with Crippen LogP contribution in [0.1, 0.15) is 44.6 Å². The molecule has 1 aromatic carbocycles. The Kier molecular flexibility index (Phi) is 6.17. The molecule has 26 heavy (non-hydrogen) atoms. The number of rotatable bonds is 4. The Morgan fingerprint density at radius 3 is 2.65 bits per heavy atom. The number of thioether (sulfide) groups is 1. The summed E-state index contributed by atoms with van der Waals surface area (Å²) in [5.41, 5.74) is 0.722. The quantitative estimate of drug-likeness (QED) is 0.478. The predicted molar refractivity (Wildman–Crippen MR) is 111 cm³/mol. The summed E-state index contributed by atoms with van der Waals surface area (Å²) in [4.78, 5) is 27.2. The van der Waals surface area contributed by atoms with Crippen LogP contribution in [0.5, 0.6) is 11.5 Å². The third-order valence-electron chi connectivity index (χ3n) is 5.13. The number of hydrogen-bond donors (Lipinski definition) is 1. The lowest BCUT2D eigenvalue weighted by Crippen LogP contribution is -2.42. The van der Waals surface area contributed by atoms with Crippen molar-refractivity contribution in [2.45, 2.75) is 45.1 Å². The molecule has 1 N–H and O–H groups in total. The number of methoxy groups -OCH3 is 1. The minimum absolute atomic E-state index is 0.0665. The number of benzene rings is 1. The van der Waals surface area contributed by atoms with Crippen LogP contribution in [0.15, 0.2) is 17.0 Å². The maximum absolute atomic E-state index is 12.8. The molecule has 2 amide bonds. The molecule has 0 spiro atoms. The molecule has 1 unspecified atom stereocenters. The fourth-order valence-corrected chi connectivity index (χ4v) is 5.18. The Balaban J connectivity index is 1.84. The van der Waals surface area contributed by atoms with Crippen LogP contribution in [-0.2, 0) is 4.79 Å². The number of carbonyl (C=O) groups is 2. The molecule has 1 saturated carbocycles. The van der Waals surface area contributed by atoms with E-state index in [0.29, 0.717) is 20.1 Å². The molecule has 1 atom stereocenters. The molecule has 0 radical (unpaired) electrons. The van der Waals surface area contributed by atoms with Crippen LogP contribution in [0.25, 0.3) is 6.08 Å². The zero-order valence-corrected chi connectivity index (χ0v) is 17.8. The Labute approximate surface area is 171 Å². The topological polar surface area (TPSA) is 66.8 Å². The Morgan fingerprint density at radius 2 is 2.00 bits per heavy atom. The summed E-state index contributed by atoms with van der Waals surface area (Å²) < 4.78 is 5.79. The number of hydrogen-bond acceptors (Lipinski definition) is 5. The van der Waals surface area contributed by atoms with Gasteiger partial charge < -0.3 is 9.84 Å². The van der Waals surface area contributed by atoms with Crippen molar-refractivity contribution < 1.29 is 19.4 Å². The first-order chi connectivity index (χ1) is 12.4. The molecule has 0 bridgehead atoms. The largest absolute Gasteiger partial charge is 0.504 e. The van der Waals surface area contributed by atoms with E-state index in [1.807, 2.05) is 29.5 Å². The van der Waals surface area contributed by atoms with E-state index in [-0.39, 0.29) is 22.9 Å². The van der Waals surface area contributed by atoms with Gasteiger partial charge in [0, 0.05) is 6.04 Å². The van der Waals surface area contributed by atoms with Crippen molar-refractivity contribution in [1.29, 1.82) is 0 Å². The number of phenols is 1.